The molecule has 0 unspecified atom stereocenters. The molecule has 6 heteroatoms. The first-order valence-electron chi connectivity index (χ1n) is 7.66. The largest absolute Gasteiger partial charge is 0.269 e. The van der Waals surface area contributed by atoms with Crippen molar-refractivity contribution in [1.82, 2.24) is 20.6 Å². The summed E-state index contributed by atoms with van der Waals surface area (Å²) in [6.07, 6.45) is 6.41. The first-order chi connectivity index (χ1) is 12.2. The van der Waals surface area contributed by atoms with Crippen molar-refractivity contribution in [3.63, 3.8) is 0 Å². The van der Waals surface area contributed by atoms with Gasteiger partial charge in [0.1, 0.15) is 0 Å². The smallest absolute Gasteiger partial charge is 0.268 e. The Labute approximate surface area is 144 Å². The van der Waals surface area contributed by atoms with Crippen LogP contribution in [-0.2, 0) is 4.79 Å². The van der Waals surface area contributed by atoms with Crippen LogP contribution in [0.5, 0.6) is 0 Å². The van der Waals surface area contributed by atoms with Gasteiger partial charge in [-0.3, -0.25) is 20.4 Å². The highest BCUT2D eigenvalue weighted by molar-refractivity contribution is 5.97. The second-order valence-corrected chi connectivity index (χ2v) is 5.20. The Kier molecular flexibility index (Phi) is 5.01. The molecule has 6 nitrogen and oxygen atoms in total. The fraction of sp³-hybridized carbons (Fsp3) is 0. The number of carbonyl (C=O) groups excluding carboxylic acids is 2. The van der Waals surface area contributed by atoms with Gasteiger partial charge in [-0.25, -0.2) is 4.68 Å². The van der Waals surface area contributed by atoms with Gasteiger partial charge in [0.2, 0.25) is 0 Å². The quantitative estimate of drug-likeness (QED) is 0.569. The standard InChI is InChI=1S/C19H16N4O2/c24-18(21-22-19(25)16-7-3-1-4-8-16)12-11-15-13-20-23(14-15)17-9-5-2-6-10-17/h1-14H,(H,21,24)(H,22,25)/b12-11+. The Morgan fingerprint density at radius 3 is 2.32 bits per heavy atom. The molecule has 1 heterocycles. The lowest BCUT2D eigenvalue weighted by atomic mass is 10.2. The molecule has 0 saturated heterocycles. The van der Waals surface area contributed by atoms with Crippen molar-refractivity contribution in [2.45, 2.75) is 0 Å². The monoisotopic (exact) mass is 332 g/mol. The number of nitrogens with one attached hydrogen (secondary N) is 2. The van der Waals surface area contributed by atoms with Gasteiger partial charge < -0.3 is 0 Å². The number of amides is 2. The van der Waals surface area contributed by atoms with E-state index in [1.165, 1.54) is 6.08 Å². The number of hydrazine groups is 1. The third kappa shape index (κ3) is 4.42. The summed E-state index contributed by atoms with van der Waals surface area (Å²) in [6.45, 7) is 0. The molecule has 0 atom stereocenters. The van der Waals surface area contributed by atoms with Crippen molar-refractivity contribution in [3.8, 4) is 5.69 Å². The molecule has 0 aliphatic heterocycles. The van der Waals surface area contributed by atoms with E-state index >= 15 is 0 Å². The van der Waals surface area contributed by atoms with E-state index in [1.807, 2.05) is 42.6 Å². The van der Waals surface area contributed by atoms with Crippen molar-refractivity contribution in [2.24, 2.45) is 0 Å². The van der Waals surface area contributed by atoms with E-state index in [4.69, 9.17) is 0 Å². The van der Waals surface area contributed by atoms with Gasteiger partial charge in [-0.15, -0.1) is 0 Å². The highest BCUT2D eigenvalue weighted by Crippen LogP contribution is 2.08. The number of aromatic nitrogens is 2. The fourth-order valence-electron chi connectivity index (χ4n) is 2.14. The summed E-state index contributed by atoms with van der Waals surface area (Å²) in [7, 11) is 0. The summed E-state index contributed by atoms with van der Waals surface area (Å²) >= 11 is 0. The molecule has 0 bridgehead atoms. The van der Waals surface area contributed by atoms with Crippen LogP contribution in [0.3, 0.4) is 0 Å². The summed E-state index contributed by atoms with van der Waals surface area (Å²) in [5.74, 6) is -0.809. The summed E-state index contributed by atoms with van der Waals surface area (Å²) in [4.78, 5) is 23.6. The highest BCUT2D eigenvalue weighted by Gasteiger charge is 2.04. The van der Waals surface area contributed by atoms with Gasteiger partial charge in [0, 0.05) is 23.4 Å². The van der Waals surface area contributed by atoms with E-state index in [0.29, 0.717) is 5.56 Å². The predicted octanol–water partition coefficient (Wildman–Crippen LogP) is 2.35. The van der Waals surface area contributed by atoms with Crippen LogP contribution in [-0.4, -0.2) is 21.6 Å². The summed E-state index contributed by atoms with van der Waals surface area (Å²) in [5.41, 5.74) is 6.86. The van der Waals surface area contributed by atoms with Gasteiger partial charge in [0.15, 0.2) is 0 Å². The second kappa shape index (κ2) is 7.74. The summed E-state index contributed by atoms with van der Waals surface area (Å²) in [5, 5.41) is 4.24. The molecule has 1 aromatic heterocycles. The van der Waals surface area contributed by atoms with Crippen molar-refractivity contribution in [2.75, 3.05) is 0 Å². The molecule has 2 amide bonds. The van der Waals surface area contributed by atoms with Crippen LogP contribution in [0.25, 0.3) is 11.8 Å². The molecule has 0 fully saturated rings. The van der Waals surface area contributed by atoms with E-state index in [9.17, 15) is 9.59 Å². The molecule has 3 rings (SSSR count). The minimum atomic E-state index is -0.434. The van der Waals surface area contributed by atoms with Crippen LogP contribution in [0, 0.1) is 0 Å². The normalized spacial score (nSPS) is 10.6. The SMILES string of the molecule is O=C(/C=C/c1cnn(-c2ccccc2)c1)NNC(=O)c1ccccc1. The van der Waals surface area contributed by atoms with Crippen LogP contribution in [0.4, 0.5) is 0 Å². The number of hydrogen-bond acceptors (Lipinski definition) is 3. The molecule has 2 aromatic carbocycles. The molecule has 0 aliphatic rings. The molecule has 25 heavy (non-hydrogen) atoms. The Morgan fingerprint density at radius 1 is 0.920 bits per heavy atom. The van der Waals surface area contributed by atoms with E-state index in [1.54, 1.807) is 41.2 Å². The number of carbonyl (C=O) groups is 2. The van der Waals surface area contributed by atoms with Crippen LogP contribution in [0.15, 0.2) is 79.1 Å². The van der Waals surface area contributed by atoms with Gasteiger partial charge in [0.25, 0.3) is 11.8 Å². The topological polar surface area (TPSA) is 76.0 Å². The lowest BCUT2D eigenvalue weighted by Crippen LogP contribution is -2.40. The van der Waals surface area contributed by atoms with Crippen LogP contribution in [0.1, 0.15) is 15.9 Å². The third-order valence-corrected chi connectivity index (χ3v) is 3.39. The molecule has 0 radical (unpaired) electrons. The molecule has 2 N–H and O–H groups in total. The minimum absolute atomic E-state index is 0.376. The van der Waals surface area contributed by atoms with E-state index in [0.717, 1.165) is 11.3 Å². The maximum atomic E-state index is 11.8. The van der Waals surface area contributed by atoms with Gasteiger partial charge in [-0.2, -0.15) is 5.10 Å². The summed E-state index contributed by atoms with van der Waals surface area (Å²) < 4.78 is 1.72. The average Bonchev–Trinajstić information content (AvgIpc) is 3.15. The van der Waals surface area contributed by atoms with E-state index in [-0.39, 0.29) is 5.91 Å². The minimum Gasteiger partial charge on any atom is -0.268 e. The Bertz CT molecular complexity index is 886. The molecule has 3 aromatic rings. The number of benzene rings is 2. The zero-order valence-electron chi connectivity index (χ0n) is 13.3. The number of rotatable bonds is 4. The van der Waals surface area contributed by atoms with Crippen LogP contribution in [0.2, 0.25) is 0 Å². The maximum absolute atomic E-state index is 11.8. The third-order valence-electron chi connectivity index (χ3n) is 3.39. The van der Waals surface area contributed by atoms with Gasteiger partial charge in [0.05, 0.1) is 11.9 Å². The Balaban J connectivity index is 1.55. The zero-order valence-corrected chi connectivity index (χ0v) is 13.3. The van der Waals surface area contributed by atoms with Crippen molar-refractivity contribution < 1.29 is 9.59 Å². The highest BCUT2D eigenvalue weighted by atomic mass is 16.2. The zero-order chi connectivity index (χ0) is 17.5. The molecular formula is C19H16N4O2. The average molecular weight is 332 g/mol. The first-order valence-corrected chi connectivity index (χ1v) is 7.66. The fourth-order valence-corrected chi connectivity index (χ4v) is 2.14. The second-order valence-electron chi connectivity index (χ2n) is 5.20. The lowest BCUT2D eigenvalue weighted by Gasteiger charge is -2.04. The number of para-hydroxylation sites is 1. The predicted molar refractivity (Wildman–Crippen MR) is 94.6 cm³/mol. The van der Waals surface area contributed by atoms with Crippen LogP contribution >= 0.6 is 0 Å². The van der Waals surface area contributed by atoms with Gasteiger partial charge in [-0.1, -0.05) is 36.4 Å². The van der Waals surface area contributed by atoms with Crippen molar-refractivity contribution >= 4 is 17.9 Å². The number of nitrogens with zero attached hydrogens (tertiary/aromatic N) is 2. The summed E-state index contributed by atoms with van der Waals surface area (Å²) in [6, 6.07) is 18.3. The number of hydrogen-bond donors (Lipinski definition) is 2. The molecule has 124 valence electrons. The van der Waals surface area contributed by atoms with E-state index in [2.05, 4.69) is 16.0 Å². The van der Waals surface area contributed by atoms with Gasteiger partial charge >= 0.3 is 0 Å². The molecule has 0 aliphatic carbocycles. The maximum Gasteiger partial charge on any atom is 0.269 e. The molecule has 0 saturated carbocycles. The lowest BCUT2D eigenvalue weighted by molar-refractivity contribution is -0.117. The Morgan fingerprint density at radius 2 is 1.60 bits per heavy atom. The Hall–Kier alpha value is -3.67. The van der Waals surface area contributed by atoms with E-state index < -0.39 is 5.91 Å². The molecular weight excluding hydrogens is 316 g/mol. The van der Waals surface area contributed by atoms with Gasteiger partial charge in [-0.05, 0) is 30.3 Å². The van der Waals surface area contributed by atoms with Crippen molar-refractivity contribution in [3.05, 3.63) is 90.3 Å². The van der Waals surface area contributed by atoms with Crippen LogP contribution < -0.4 is 10.9 Å². The first kappa shape index (κ1) is 16.2. The van der Waals surface area contributed by atoms with Crippen molar-refractivity contribution in [1.29, 1.82) is 0 Å². The molecule has 0 spiro atoms.